The quantitative estimate of drug-likeness (QED) is 0.508. The number of methoxy groups -OCH3 is 1. The molecule has 0 radical (unpaired) electrons. The lowest BCUT2D eigenvalue weighted by Gasteiger charge is -2.07. The van der Waals surface area contributed by atoms with E-state index in [-0.39, 0.29) is 35.5 Å². The Kier molecular flexibility index (Phi) is 5.11. The van der Waals surface area contributed by atoms with Gasteiger partial charge in [0, 0.05) is 12.8 Å². The SMILES string of the molecule is COc1ccc(NC(=O)CCc2nc3ccccc3[nH]c2=O)c([N+](=O)[O-])c1. The predicted octanol–water partition coefficient (Wildman–Crippen LogP) is 2.41. The molecule has 2 N–H and O–H groups in total. The van der Waals surface area contributed by atoms with Gasteiger partial charge in [0.2, 0.25) is 5.91 Å². The van der Waals surface area contributed by atoms with E-state index in [0.717, 1.165) is 0 Å². The third-order valence-electron chi connectivity index (χ3n) is 3.93. The summed E-state index contributed by atoms with van der Waals surface area (Å²) < 4.78 is 4.96. The van der Waals surface area contributed by atoms with Gasteiger partial charge in [0.25, 0.3) is 11.2 Å². The second-order valence-electron chi connectivity index (χ2n) is 5.72. The van der Waals surface area contributed by atoms with E-state index in [4.69, 9.17) is 4.74 Å². The molecule has 3 aromatic rings. The summed E-state index contributed by atoms with van der Waals surface area (Å²) in [4.78, 5) is 41.8. The van der Waals surface area contributed by atoms with Gasteiger partial charge < -0.3 is 15.0 Å². The van der Waals surface area contributed by atoms with Crippen molar-refractivity contribution in [2.24, 2.45) is 0 Å². The molecule has 3 rings (SSSR count). The minimum atomic E-state index is -0.603. The molecule has 1 aromatic heterocycles. The van der Waals surface area contributed by atoms with Gasteiger partial charge in [-0.2, -0.15) is 0 Å². The van der Waals surface area contributed by atoms with E-state index in [9.17, 15) is 19.7 Å². The van der Waals surface area contributed by atoms with Crippen molar-refractivity contribution in [3.8, 4) is 5.75 Å². The zero-order valence-corrected chi connectivity index (χ0v) is 14.4. The van der Waals surface area contributed by atoms with Gasteiger partial charge in [-0.15, -0.1) is 0 Å². The molecule has 9 nitrogen and oxygen atoms in total. The predicted molar refractivity (Wildman–Crippen MR) is 99.0 cm³/mol. The molecule has 0 atom stereocenters. The number of aromatic amines is 1. The lowest BCUT2D eigenvalue weighted by Crippen LogP contribution is -2.19. The van der Waals surface area contributed by atoms with E-state index in [1.807, 2.05) is 0 Å². The number of fused-ring (bicyclic) bond motifs is 1. The molecule has 27 heavy (non-hydrogen) atoms. The molecule has 0 aliphatic heterocycles. The smallest absolute Gasteiger partial charge is 0.296 e. The number of nitro benzene ring substituents is 1. The summed E-state index contributed by atoms with van der Waals surface area (Å²) in [6.45, 7) is 0. The number of ether oxygens (including phenoxy) is 1. The molecule has 0 unspecified atom stereocenters. The van der Waals surface area contributed by atoms with Crippen LogP contribution in [-0.4, -0.2) is 27.9 Å². The Bertz CT molecular complexity index is 1080. The molecule has 1 amide bonds. The number of hydrogen-bond acceptors (Lipinski definition) is 6. The first-order valence-electron chi connectivity index (χ1n) is 8.08. The van der Waals surface area contributed by atoms with Crippen LogP contribution in [-0.2, 0) is 11.2 Å². The molecule has 0 bridgehead atoms. The second-order valence-corrected chi connectivity index (χ2v) is 5.72. The van der Waals surface area contributed by atoms with E-state index in [0.29, 0.717) is 16.8 Å². The third-order valence-corrected chi connectivity index (χ3v) is 3.93. The van der Waals surface area contributed by atoms with Crippen LogP contribution in [0.25, 0.3) is 11.0 Å². The molecule has 9 heteroatoms. The molecular weight excluding hydrogens is 352 g/mol. The maximum Gasteiger partial charge on any atom is 0.296 e. The standard InChI is InChI=1S/C18H16N4O5/c1-27-11-6-7-14(16(10-11)22(25)26)20-17(23)9-8-15-18(24)21-13-5-3-2-4-12(13)19-15/h2-7,10H,8-9H2,1H3,(H,20,23)(H,21,24). The minimum Gasteiger partial charge on any atom is -0.496 e. The van der Waals surface area contributed by atoms with Crippen molar-refractivity contribution in [1.82, 2.24) is 9.97 Å². The average Bonchev–Trinajstić information content (AvgIpc) is 2.66. The van der Waals surface area contributed by atoms with Crippen LogP contribution in [0.1, 0.15) is 12.1 Å². The van der Waals surface area contributed by atoms with E-state index in [2.05, 4.69) is 15.3 Å². The van der Waals surface area contributed by atoms with Gasteiger partial charge in [-0.05, 0) is 24.3 Å². The Morgan fingerprint density at radius 2 is 2.07 bits per heavy atom. The van der Waals surface area contributed by atoms with E-state index in [1.165, 1.54) is 25.3 Å². The average molecular weight is 368 g/mol. The number of aromatic nitrogens is 2. The number of rotatable bonds is 6. The largest absolute Gasteiger partial charge is 0.496 e. The third kappa shape index (κ3) is 4.09. The number of nitrogens with one attached hydrogen (secondary N) is 2. The number of para-hydroxylation sites is 2. The molecule has 0 aliphatic carbocycles. The highest BCUT2D eigenvalue weighted by Crippen LogP contribution is 2.29. The van der Waals surface area contributed by atoms with Crippen molar-refractivity contribution in [2.75, 3.05) is 12.4 Å². The van der Waals surface area contributed by atoms with Gasteiger partial charge in [-0.25, -0.2) is 4.98 Å². The Balaban J connectivity index is 1.73. The number of hydrogen-bond donors (Lipinski definition) is 2. The number of anilines is 1. The van der Waals surface area contributed by atoms with Crippen LogP contribution in [0.3, 0.4) is 0 Å². The number of benzene rings is 2. The van der Waals surface area contributed by atoms with Crippen LogP contribution >= 0.6 is 0 Å². The van der Waals surface area contributed by atoms with Gasteiger partial charge in [0.15, 0.2) is 0 Å². The fraction of sp³-hybridized carbons (Fsp3) is 0.167. The lowest BCUT2D eigenvalue weighted by molar-refractivity contribution is -0.384. The summed E-state index contributed by atoms with van der Waals surface area (Å²) in [6, 6.07) is 11.2. The molecule has 0 aliphatic rings. The van der Waals surface area contributed by atoms with Gasteiger partial charge in [0.05, 0.1) is 29.1 Å². The fourth-order valence-corrected chi connectivity index (χ4v) is 2.58. The van der Waals surface area contributed by atoms with Gasteiger partial charge >= 0.3 is 0 Å². The fourth-order valence-electron chi connectivity index (χ4n) is 2.58. The summed E-state index contributed by atoms with van der Waals surface area (Å²) in [6.07, 6.45) is 0.0631. The highest BCUT2D eigenvalue weighted by molar-refractivity contribution is 5.93. The molecular formula is C18H16N4O5. The Labute approximate surface area is 153 Å². The van der Waals surface area contributed by atoms with Crippen molar-refractivity contribution >= 4 is 28.3 Å². The van der Waals surface area contributed by atoms with E-state index < -0.39 is 10.8 Å². The molecule has 1 heterocycles. The molecule has 0 saturated heterocycles. The van der Waals surface area contributed by atoms with Crippen LogP contribution in [0.15, 0.2) is 47.3 Å². The Morgan fingerprint density at radius 3 is 2.81 bits per heavy atom. The Hall–Kier alpha value is -3.75. The number of aryl methyl sites for hydroxylation is 1. The number of carbonyl (C=O) groups excluding carboxylic acids is 1. The summed E-state index contributed by atoms with van der Waals surface area (Å²) in [5, 5.41) is 13.7. The number of nitro groups is 1. The zero-order chi connectivity index (χ0) is 19.4. The van der Waals surface area contributed by atoms with E-state index in [1.54, 1.807) is 24.3 Å². The zero-order valence-electron chi connectivity index (χ0n) is 14.4. The van der Waals surface area contributed by atoms with Crippen molar-refractivity contribution < 1.29 is 14.5 Å². The topological polar surface area (TPSA) is 127 Å². The molecule has 0 saturated carbocycles. The lowest BCUT2D eigenvalue weighted by atomic mass is 10.2. The first-order valence-corrected chi connectivity index (χ1v) is 8.08. The van der Waals surface area contributed by atoms with Crippen LogP contribution in [0.2, 0.25) is 0 Å². The highest BCUT2D eigenvalue weighted by Gasteiger charge is 2.17. The summed E-state index contributed by atoms with van der Waals surface area (Å²) >= 11 is 0. The maximum atomic E-state index is 12.2. The van der Waals surface area contributed by atoms with Crippen molar-refractivity contribution in [3.05, 3.63) is 68.6 Å². The molecule has 2 aromatic carbocycles. The normalized spacial score (nSPS) is 10.6. The highest BCUT2D eigenvalue weighted by atomic mass is 16.6. The number of H-pyrrole nitrogens is 1. The molecule has 0 spiro atoms. The number of carbonyl (C=O) groups is 1. The van der Waals surface area contributed by atoms with Crippen molar-refractivity contribution in [1.29, 1.82) is 0 Å². The summed E-state index contributed by atoms with van der Waals surface area (Å²) in [7, 11) is 1.39. The van der Waals surface area contributed by atoms with Crippen LogP contribution in [0, 0.1) is 10.1 Å². The van der Waals surface area contributed by atoms with E-state index >= 15 is 0 Å². The van der Waals surface area contributed by atoms with Crippen LogP contribution in [0.5, 0.6) is 5.75 Å². The minimum absolute atomic E-state index is 0.0440. The first kappa shape index (κ1) is 18.1. The maximum absolute atomic E-state index is 12.2. The summed E-state index contributed by atoms with van der Waals surface area (Å²) in [5.74, 6) is -0.149. The first-order chi connectivity index (χ1) is 13.0. The van der Waals surface area contributed by atoms with Crippen LogP contribution in [0.4, 0.5) is 11.4 Å². The number of amides is 1. The van der Waals surface area contributed by atoms with Gasteiger partial charge in [-0.3, -0.25) is 19.7 Å². The van der Waals surface area contributed by atoms with Crippen LogP contribution < -0.4 is 15.6 Å². The van der Waals surface area contributed by atoms with Crippen molar-refractivity contribution in [2.45, 2.75) is 12.8 Å². The van der Waals surface area contributed by atoms with Gasteiger partial charge in [-0.1, -0.05) is 12.1 Å². The Morgan fingerprint density at radius 1 is 1.30 bits per heavy atom. The molecule has 138 valence electrons. The van der Waals surface area contributed by atoms with Crippen molar-refractivity contribution in [3.63, 3.8) is 0 Å². The second kappa shape index (κ2) is 7.65. The number of nitrogens with zero attached hydrogens (tertiary/aromatic N) is 2. The monoisotopic (exact) mass is 368 g/mol. The van der Waals surface area contributed by atoms with Gasteiger partial charge in [0.1, 0.15) is 17.1 Å². The molecule has 0 fully saturated rings. The summed E-state index contributed by atoms with van der Waals surface area (Å²) in [5.41, 5.74) is 0.892.